The molecule has 0 unspecified atom stereocenters. The Morgan fingerprint density at radius 2 is 1.20 bits per heavy atom. The molecule has 0 aliphatic carbocycles. The summed E-state index contributed by atoms with van der Waals surface area (Å²) in [7, 11) is 0. The van der Waals surface area contributed by atoms with Crippen LogP contribution in [0.2, 0.25) is 0 Å². The molecule has 3 aromatic rings. The standard InChI is InChI=1S/C21H18F3N/c1-13-4-7-16(8-5-13)25(20-9-6-14(2)10-18(20)23)21-12-17(22)15(3)11-19(21)24/h4-12H,1-3H3. The lowest BCUT2D eigenvalue weighted by molar-refractivity contribution is 0.591. The van der Waals surface area contributed by atoms with Crippen LogP contribution in [-0.4, -0.2) is 0 Å². The van der Waals surface area contributed by atoms with Crippen molar-refractivity contribution in [3.63, 3.8) is 0 Å². The van der Waals surface area contributed by atoms with E-state index in [4.69, 9.17) is 0 Å². The zero-order valence-corrected chi connectivity index (χ0v) is 14.3. The van der Waals surface area contributed by atoms with Crippen LogP contribution < -0.4 is 4.90 Å². The van der Waals surface area contributed by atoms with Crippen LogP contribution in [0.25, 0.3) is 0 Å². The van der Waals surface area contributed by atoms with E-state index in [1.807, 2.05) is 19.1 Å². The van der Waals surface area contributed by atoms with Crippen LogP contribution >= 0.6 is 0 Å². The fraction of sp³-hybridized carbons (Fsp3) is 0.143. The molecule has 0 saturated carbocycles. The molecule has 0 atom stereocenters. The van der Waals surface area contributed by atoms with Crippen LogP contribution in [0, 0.1) is 38.2 Å². The first-order valence-corrected chi connectivity index (χ1v) is 7.95. The SMILES string of the molecule is Cc1ccc(N(c2ccc(C)cc2F)c2cc(F)c(C)cc2F)cc1. The lowest BCUT2D eigenvalue weighted by atomic mass is 10.1. The Labute approximate surface area is 145 Å². The molecule has 0 radical (unpaired) electrons. The highest BCUT2D eigenvalue weighted by atomic mass is 19.1. The molecule has 4 heteroatoms. The first-order chi connectivity index (χ1) is 11.9. The van der Waals surface area contributed by atoms with Gasteiger partial charge in [0.05, 0.1) is 11.4 Å². The van der Waals surface area contributed by atoms with E-state index in [9.17, 15) is 13.2 Å². The molecule has 0 heterocycles. The normalized spacial score (nSPS) is 10.8. The summed E-state index contributed by atoms with van der Waals surface area (Å²) < 4.78 is 43.3. The summed E-state index contributed by atoms with van der Waals surface area (Å²) in [6, 6.07) is 14.1. The molecule has 0 saturated heterocycles. The van der Waals surface area contributed by atoms with Crippen molar-refractivity contribution < 1.29 is 13.2 Å². The Morgan fingerprint density at radius 3 is 1.84 bits per heavy atom. The lowest BCUT2D eigenvalue weighted by Gasteiger charge is -2.26. The van der Waals surface area contributed by atoms with Crippen LogP contribution in [0.3, 0.4) is 0 Å². The number of anilines is 3. The highest BCUT2D eigenvalue weighted by Crippen LogP contribution is 2.38. The van der Waals surface area contributed by atoms with Gasteiger partial charge >= 0.3 is 0 Å². The van der Waals surface area contributed by atoms with E-state index >= 15 is 0 Å². The fourth-order valence-electron chi connectivity index (χ4n) is 2.70. The van der Waals surface area contributed by atoms with Gasteiger partial charge in [0, 0.05) is 11.8 Å². The second kappa shape index (κ2) is 6.63. The number of nitrogens with zero attached hydrogens (tertiary/aromatic N) is 1. The number of rotatable bonds is 3. The molecule has 0 fully saturated rings. The molecule has 0 aromatic heterocycles. The van der Waals surface area contributed by atoms with Crippen LogP contribution in [0.5, 0.6) is 0 Å². The smallest absolute Gasteiger partial charge is 0.147 e. The topological polar surface area (TPSA) is 3.24 Å². The van der Waals surface area contributed by atoms with Gasteiger partial charge in [-0.25, -0.2) is 13.2 Å². The molecule has 3 rings (SSSR count). The zero-order valence-electron chi connectivity index (χ0n) is 14.3. The average molecular weight is 341 g/mol. The predicted molar refractivity (Wildman–Crippen MR) is 95.2 cm³/mol. The van der Waals surface area contributed by atoms with E-state index in [-0.39, 0.29) is 16.9 Å². The summed E-state index contributed by atoms with van der Waals surface area (Å²) in [5.74, 6) is -1.65. The van der Waals surface area contributed by atoms with Crippen molar-refractivity contribution >= 4 is 17.1 Å². The van der Waals surface area contributed by atoms with Crippen molar-refractivity contribution in [3.05, 3.63) is 88.7 Å². The van der Waals surface area contributed by atoms with Gasteiger partial charge in [-0.15, -0.1) is 0 Å². The monoisotopic (exact) mass is 341 g/mol. The van der Waals surface area contributed by atoms with Gasteiger partial charge in [0.2, 0.25) is 0 Å². The number of benzene rings is 3. The maximum Gasteiger partial charge on any atom is 0.147 e. The minimum absolute atomic E-state index is 0.0327. The van der Waals surface area contributed by atoms with E-state index in [1.165, 1.54) is 17.9 Å². The Kier molecular flexibility index (Phi) is 4.53. The van der Waals surface area contributed by atoms with Crippen molar-refractivity contribution in [3.8, 4) is 0 Å². The summed E-state index contributed by atoms with van der Waals surface area (Å²) in [4.78, 5) is 1.39. The molecule has 3 aromatic carbocycles. The lowest BCUT2D eigenvalue weighted by Crippen LogP contribution is -2.14. The third kappa shape index (κ3) is 3.38. The predicted octanol–water partition coefficient (Wildman–Crippen LogP) is 6.50. The molecule has 128 valence electrons. The highest BCUT2D eigenvalue weighted by Gasteiger charge is 2.21. The third-order valence-corrected chi connectivity index (χ3v) is 4.11. The van der Waals surface area contributed by atoms with E-state index in [2.05, 4.69) is 0 Å². The fourth-order valence-corrected chi connectivity index (χ4v) is 2.70. The van der Waals surface area contributed by atoms with E-state index in [0.29, 0.717) is 5.69 Å². The molecular formula is C21H18F3N. The summed E-state index contributed by atoms with van der Waals surface area (Å²) in [6.07, 6.45) is 0. The summed E-state index contributed by atoms with van der Waals surface area (Å²) >= 11 is 0. The largest absolute Gasteiger partial charge is 0.305 e. The number of hydrogen-bond donors (Lipinski definition) is 0. The number of hydrogen-bond acceptors (Lipinski definition) is 1. The first kappa shape index (κ1) is 17.1. The van der Waals surface area contributed by atoms with Gasteiger partial charge in [-0.05, 0) is 62.2 Å². The van der Waals surface area contributed by atoms with Gasteiger partial charge in [0.1, 0.15) is 17.5 Å². The Bertz CT molecular complexity index is 917. The molecule has 1 nitrogen and oxygen atoms in total. The second-order valence-electron chi connectivity index (χ2n) is 6.18. The second-order valence-corrected chi connectivity index (χ2v) is 6.18. The molecule has 0 bridgehead atoms. The van der Waals surface area contributed by atoms with Gasteiger partial charge in [0.25, 0.3) is 0 Å². The van der Waals surface area contributed by atoms with Crippen molar-refractivity contribution in [2.45, 2.75) is 20.8 Å². The Balaban J connectivity index is 2.26. The maximum atomic E-state index is 14.6. The van der Waals surface area contributed by atoms with Gasteiger partial charge < -0.3 is 4.90 Å². The summed E-state index contributed by atoms with van der Waals surface area (Å²) in [5.41, 5.74) is 2.65. The molecule has 0 amide bonds. The zero-order chi connectivity index (χ0) is 18.1. The molecule has 0 N–H and O–H groups in total. The summed E-state index contributed by atoms with van der Waals surface area (Å²) in [5, 5.41) is 0. The van der Waals surface area contributed by atoms with Crippen molar-refractivity contribution in [2.24, 2.45) is 0 Å². The van der Waals surface area contributed by atoms with Gasteiger partial charge in [0.15, 0.2) is 0 Å². The van der Waals surface area contributed by atoms with E-state index in [1.54, 1.807) is 31.2 Å². The molecule has 0 aliphatic heterocycles. The Morgan fingerprint density at radius 1 is 0.600 bits per heavy atom. The minimum Gasteiger partial charge on any atom is -0.305 e. The average Bonchev–Trinajstić information content (AvgIpc) is 2.56. The van der Waals surface area contributed by atoms with Crippen LogP contribution in [0.1, 0.15) is 16.7 Å². The van der Waals surface area contributed by atoms with Gasteiger partial charge in [-0.1, -0.05) is 23.8 Å². The Hall–Kier alpha value is -2.75. The van der Waals surface area contributed by atoms with Crippen molar-refractivity contribution in [1.29, 1.82) is 0 Å². The van der Waals surface area contributed by atoms with Gasteiger partial charge in [-0.2, -0.15) is 0 Å². The number of halogens is 3. The van der Waals surface area contributed by atoms with Crippen LogP contribution in [0.15, 0.2) is 54.6 Å². The minimum atomic E-state index is -0.612. The maximum absolute atomic E-state index is 14.6. The molecule has 0 aliphatic rings. The highest BCUT2D eigenvalue weighted by molar-refractivity contribution is 5.77. The quantitative estimate of drug-likeness (QED) is 0.525. The van der Waals surface area contributed by atoms with Crippen molar-refractivity contribution in [2.75, 3.05) is 4.90 Å². The van der Waals surface area contributed by atoms with E-state index in [0.717, 1.165) is 23.3 Å². The summed E-state index contributed by atoms with van der Waals surface area (Å²) in [6.45, 7) is 5.19. The number of aryl methyl sites for hydroxylation is 3. The molecular weight excluding hydrogens is 323 g/mol. The third-order valence-electron chi connectivity index (χ3n) is 4.11. The van der Waals surface area contributed by atoms with Crippen LogP contribution in [0.4, 0.5) is 30.2 Å². The molecule has 0 spiro atoms. The molecule has 25 heavy (non-hydrogen) atoms. The van der Waals surface area contributed by atoms with Crippen molar-refractivity contribution in [1.82, 2.24) is 0 Å². The van der Waals surface area contributed by atoms with Crippen LogP contribution in [-0.2, 0) is 0 Å². The van der Waals surface area contributed by atoms with Gasteiger partial charge in [-0.3, -0.25) is 0 Å². The van der Waals surface area contributed by atoms with E-state index < -0.39 is 17.5 Å². The first-order valence-electron chi connectivity index (χ1n) is 7.95.